The fraction of sp³-hybridized carbons (Fsp3) is 0.125. The molecule has 9 heteroatoms. The monoisotopic (exact) mass is 249 g/mol. The third-order valence-electron chi connectivity index (χ3n) is 2.03. The minimum absolute atomic E-state index is 0.245. The van der Waals surface area contributed by atoms with Gasteiger partial charge in [0.15, 0.2) is 5.52 Å². The molecule has 0 atom stereocenters. The average Bonchev–Trinajstić information content (AvgIpc) is 2.59. The van der Waals surface area contributed by atoms with Gasteiger partial charge < -0.3 is 4.98 Å². The van der Waals surface area contributed by atoms with Crippen LogP contribution in [0.25, 0.3) is 11.0 Å². The maximum Gasteiger partial charge on any atom is 0.449 e. The molecule has 0 fully saturated rings. The SMILES string of the molecule is O=[N+]([O-])c1c(F)ccc2[nH]c(C(F)(F)F)nc12. The highest BCUT2D eigenvalue weighted by Crippen LogP contribution is 2.32. The number of nitrogens with zero attached hydrogens (tertiary/aromatic N) is 2. The van der Waals surface area contributed by atoms with Crippen LogP contribution in [0.4, 0.5) is 23.2 Å². The van der Waals surface area contributed by atoms with E-state index < -0.39 is 33.9 Å². The summed E-state index contributed by atoms with van der Waals surface area (Å²) in [6.45, 7) is 0. The number of fused-ring (bicyclic) bond motifs is 1. The largest absolute Gasteiger partial charge is 0.449 e. The number of nitro groups is 1. The van der Waals surface area contributed by atoms with Gasteiger partial charge in [0.2, 0.25) is 11.6 Å². The van der Waals surface area contributed by atoms with Gasteiger partial charge in [0.1, 0.15) is 0 Å². The first-order valence-corrected chi connectivity index (χ1v) is 4.20. The molecule has 0 aliphatic carbocycles. The fourth-order valence-electron chi connectivity index (χ4n) is 1.34. The van der Waals surface area contributed by atoms with Crippen molar-refractivity contribution in [3.63, 3.8) is 0 Å². The maximum absolute atomic E-state index is 13.1. The van der Waals surface area contributed by atoms with Crippen molar-refractivity contribution >= 4 is 16.7 Å². The summed E-state index contributed by atoms with van der Waals surface area (Å²) in [6, 6.07) is 1.67. The van der Waals surface area contributed by atoms with Crippen LogP contribution in [0.2, 0.25) is 0 Å². The van der Waals surface area contributed by atoms with Gasteiger partial charge in [0.25, 0.3) is 0 Å². The molecule has 0 saturated carbocycles. The van der Waals surface area contributed by atoms with Crippen molar-refractivity contribution in [3.8, 4) is 0 Å². The molecule has 2 aromatic rings. The Bertz CT molecular complexity index is 605. The van der Waals surface area contributed by atoms with Gasteiger partial charge in [0.05, 0.1) is 10.4 Å². The lowest BCUT2D eigenvalue weighted by Crippen LogP contribution is -2.06. The molecular weight excluding hydrogens is 246 g/mol. The van der Waals surface area contributed by atoms with Crippen molar-refractivity contribution in [2.45, 2.75) is 6.18 Å². The zero-order valence-corrected chi connectivity index (χ0v) is 7.88. The third-order valence-corrected chi connectivity index (χ3v) is 2.03. The van der Waals surface area contributed by atoms with E-state index in [-0.39, 0.29) is 5.52 Å². The number of nitro benzene ring substituents is 1. The second-order valence-electron chi connectivity index (χ2n) is 3.13. The van der Waals surface area contributed by atoms with Crippen LogP contribution in [0.1, 0.15) is 5.82 Å². The summed E-state index contributed by atoms with van der Waals surface area (Å²) < 4.78 is 50.0. The predicted molar refractivity (Wildman–Crippen MR) is 47.7 cm³/mol. The van der Waals surface area contributed by atoms with Crippen LogP contribution in [-0.4, -0.2) is 14.9 Å². The number of H-pyrrole nitrogens is 1. The molecule has 0 unspecified atom stereocenters. The average molecular weight is 249 g/mol. The number of imidazole rings is 1. The van der Waals surface area contributed by atoms with Crippen molar-refractivity contribution in [2.24, 2.45) is 0 Å². The zero-order chi connectivity index (χ0) is 12.8. The highest BCUT2D eigenvalue weighted by Gasteiger charge is 2.36. The second kappa shape index (κ2) is 3.40. The van der Waals surface area contributed by atoms with Crippen molar-refractivity contribution in [3.05, 3.63) is 33.9 Å². The van der Waals surface area contributed by atoms with Crippen LogP contribution in [0.15, 0.2) is 12.1 Å². The number of nitrogens with one attached hydrogen (secondary N) is 1. The van der Waals surface area contributed by atoms with Gasteiger partial charge in [0, 0.05) is 0 Å². The van der Waals surface area contributed by atoms with Gasteiger partial charge in [-0.3, -0.25) is 10.1 Å². The topological polar surface area (TPSA) is 71.8 Å². The Morgan fingerprint density at radius 1 is 1.35 bits per heavy atom. The highest BCUT2D eigenvalue weighted by molar-refractivity contribution is 5.84. The Hall–Kier alpha value is -2.19. The lowest BCUT2D eigenvalue weighted by molar-refractivity contribution is -0.385. The Kier molecular flexibility index (Phi) is 2.26. The summed E-state index contributed by atoms with van der Waals surface area (Å²) in [6.07, 6.45) is -4.77. The molecule has 2 rings (SSSR count). The van der Waals surface area contributed by atoms with Crippen LogP contribution in [0.5, 0.6) is 0 Å². The van der Waals surface area contributed by atoms with Gasteiger partial charge in [-0.15, -0.1) is 0 Å². The molecule has 1 aromatic carbocycles. The number of halogens is 4. The standard InChI is InChI=1S/C8H3F4N3O2/c9-3-1-2-4-5(6(3)15(16)17)14-7(13-4)8(10,11)12/h1-2H,(H,13,14). The Morgan fingerprint density at radius 3 is 2.53 bits per heavy atom. The molecule has 0 amide bonds. The van der Waals surface area contributed by atoms with Crippen molar-refractivity contribution in [2.75, 3.05) is 0 Å². The van der Waals surface area contributed by atoms with Gasteiger partial charge in [-0.1, -0.05) is 0 Å². The summed E-state index contributed by atoms with van der Waals surface area (Å²) in [5, 5.41) is 10.5. The first-order valence-electron chi connectivity index (χ1n) is 4.20. The van der Waals surface area contributed by atoms with Gasteiger partial charge in [-0.05, 0) is 12.1 Å². The molecule has 0 aliphatic rings. The number of hydrogen-bond donors (Lipinski definition) is 1. The van der Waals surface area contributed by atoms with E-state index in [0.29, 0.717) is 6.07 Å². The molecule has 1 aromatic heterocycles. The van der Waals surface area contributed by atoms with Gasteiger partial charge in [-0.25, -0.2) is 4.98 Å². The quantitative estimate of drug-likeness (QED) is 0.479. The van der Waals surface area contributed by atoms with E-state index >= 15 is 0 Å². The van der Waals surface area contributed by atoms with E-state index in [1.54, 1.807) is 0 Å². The molecule has 1 heterocycles. The number of rotatable bonds is 1. The molecule has 17 heavy (non-hydrogen) atoms. The first-order chi connectivity index (χ1) is 7.80. The van der Waals surface area contributed by atoms with E-state index in [0.717, 1.165) is 6.07 Å². The van der Waals surface area contributed by atoms with E-state index in [4.69, 9.17) is 0 Å². The third kappa shape index (κ3) is 1.79. The van der Waals surface area contributed by atoms with Gasteiger partial charge >= 0.3 is 11.9 Å². The predicted octanol–water partition coefficient (Wildman–Crippen LogP) is 2.63. The first kappa shape index (κ1) is 11.3. The minimum atomic E-state index is -4.77. The Balaban J connectivity index is 2.78. The number of benzene rings is 1. The van der Waals surface area contributed by atoms with E-state index in [1.807, 2.05) is 4.98 Å². The molecule has 0 spiro atoms. The molecule has 1 N–H and O–H groups in total. The lowest BCUT2D eigenvalue weighted by Gasteiger charge is -1.98. The number of hydrogen-bond acceptors (Lipinski definition) is 3. The molecular formula is C8H3F4N3O2. The number of aromatic nitrogens is 2. The molecule has 0 radical (unpaired) electrons. The van der Waals surface area contributed by atoms with E-state index in [1.165, 1.54) is 0 Å². The molecule has 5 nitrogen and oxygen atoms in total. The van der Waals surface area contributed by atoms with Crippen LogP contribution in [-0.2, 0) is 6.18 Å². The zero-order valence-electron chi connectivity index (χ0n) is 7.88. The molecule has 90 valence electrons. The van der Waals surface area contributed by atoms with Crippen molar-refractivity contribution in [1.29, 1.82) is 0 Å². The van der Waals surface area contributed by atoms with Crippen molar-refractivity contribution in [1.82, 2.24) is 9.97 Å². The summed E-state index contributed by atoms with van der Waals surface area (Å²) >= 11 is 0. The summed E-state index contributed by atoms with van der Waals surface area (Å²) in [5.74, 6) is -2.64. The van der Waals surface area contributed by atoms with Crippen LogP contribution >= 0.6 is 0 Å². The maximum atomic E-state index is 13.1. The molecule has 0 saturated heterocycles. The lowest BCUT2D eigenvalue weighted by atomic mass is 10.2. The normalized spacial score (nSPS) is 12.0. The number of alkyl halides is 3. The van der Waals surface area contributed by atoms with E-state index in [2.05, 4.69) is 4.98 Å². The van der Waals surface area contributed by atoms with Gasteiger partial charge in [-0.2, -0.15) is 17.6 Å². The highest BCUT2D eigenvalue weighted by atomic mass is 19.4. The van der Waals surface area contributed by atoms with Crippen LogP contribution in [0.3, 0.4) is 0 Å². The molecule has 0 bridgehead atoms. The van der Waals surface area contributed by atoms with Crippen LogP contribution < -0.4 is 0 Å². The summed E-state index contributed by atoms with van der Waals surface area (Å²) in [5.41, 5.74) is -1.97. The fourth-order valence-corrected chi connectivity index (χ4v) is 1.34. The molecule has 0 aliphatic heterocycles. The van der Waals surface area contributed by atoms with E-state index in [9.17, 15) is 27.7 Å². The second-order valence-corrected chi connectivity index (χ2v) is 3.13. The minimum Gasteiger partial charge on any atom is -0.334 e. The smallest absolute Gasteiger partial charge is 0.334 e. The number of aromatic amines is 1. The summed E-state index contributed by atoms with van der Waals surface area (Å²) in [7, 11) is 0. The Labute approximate surface area is 90.2 Å². The van der Waals surface area contributed by atoms with Crippen molar-refractivity contribution < 1.29 is 22.5 Å². The van der Waals surface area contributed by atoms with Crippen LogP contribution in [0, 0.1) is 15.9 Å². The Morgan fingerprint density at radius 2 is 2.00 bits per heavy atom. The summed E-state index contributed by atoms with van der Waals surface area (Å²) in [4.78, 5) is 14.3.